The molecule has 0 fully saturated rings. The molecule has 0 saturated heterocycles. The first-order valence-corrected chi connectivity index (χ1v) is 11.1. The molecule has 2 N–H and O–H groups in total. The molecule has 0 radical (unpaired) electrons. The Labute approximate surface area is 200 Å². The van der Waals surface area contributed by atoms with Crippen LogP contribution in [-0.4, -0.2) is 28.2 Å². The number of ether oxygens (including phenoxy) is 2. The monoisotopic (exact) mass is 476 g/mol. The van der Waals surface area contributed by atoms with Crippen molar-refractivity contribution in [2.24, 2.45) is 0 Å². The van der Waals surface area contributed by atoms with Crippen molar-refractivity contribution in [1.29, 1.82) is 0 Å². The molecule has 0 spiro atoms. The molecule has 0 aliphatic carbocycles. The zero-order valence-electron chi connectivity index (χ0n) is 18.2. The molecule has 1 unspecified atom stereocenters. The standard InChI is InChI=1S/C25H21ClN4O4/c1-15(27-25(32)17-6-2-3-7-18(17)26)24-29-19-8-4-5-9-20(19)30(24)13-23(31)28-16-10-11-21-22(12-16)34-14-33-21/h2-12,15H,13-14H2,1H3,(H,27,32)(H,28,31). The lowest BCUT2D eigenvalue weighted by Gasteiger charge is -2.17. The first-order valence-electron chi connectivity index (χ1n) is 10.7. The first kappa shape index (κ1) is 21.8. The number of aromatic nitrogens is 2. The van der Waals surface area contributed by atoms with Gasteiger partial charge in [-0.15, -0.1) is 0 Å². The van der Waals surface area contributed by atoms with Crippen LogP contribution in [0.15, 0.2) is 66.7 Å². The number of imidazole rings is 1. The summed E-state index contributed by atoms with van der Waals surface area (Å²) in [6, 6.07) is 19.1. The second-order valence-electron chi connectivity index (χ2n) is 7.84. The fourth-order valence-corrected chi connectivity index (χ4v) is 4.12. The van der Waals surface area contributed by atoms with Crippen LogP contribution in [0.3, 0.4) is 0 Å². The maximum Gasteiger partial charge on any atom is 0.253 e. The van der Waals surface area contributed by atoms with Gasteiger partial charge in [0.05, 0.1) is 27.7 Å². The molecule has 1 aliphatic rings. The van der Waals surface area contributed by atoms with E-state index in [9.17, 15) is 9.59 Å². The van der Waals surface area contributed by atoms with Crippen LogP contribution in [0.5, 0.6) is 11.5 Å². The molecule has 1 atom stereocenters. The number of fused-ring (bicyclic) bond motifs is 2. The van der Waals surface area contributed by atoms with E-state index in [2.05, 4.69) is 15.6 Å². The van der Waals surface area contributed by atoms with E-state index in [0.717, 1.165) is 11.0 Å². The SMILES string of the molecule is CC(NC(=O)c1ccccc1Cl)c1nc2ccccc2n1CC(=O)Nc1ccc2c(c1)OCO2. The summed E-state index contributed by atoms with van der Waals surface area (Å²) < 4.78 is 12.5. The Hall–Kier alpha value is -4.04. The summed E-state index contributed by atoms with van der Waals surface area (Å²) in [4.78, 5) is 30.4. The number of hydrogen-bond acceptors (Lipinski definition) is 5. The van der Waals surface area contributed by atoms with Gasteiger partial charge in [-0.05, 0) is 43.3 Å². The van der Waals surface area contributed by atoms with E-state index >= 15 is 0 Å². The number of anilines is 1. The molecule has 2 heterocycles. The third-order valence-corrected chi connectivity index (χ3v) is 5.83. The average Bonchev–Trinajstić information content (AvgIpc) is 3.44. The van der Waals surface area contributed by atoms with Crippen LogP contribution < -0.4 is 20.1 Å². The Balaban J connectivity index is 1.39. The lowest BCUT2D eigenvalue weighted by molar-refractivity contribution is -0.116. The maximum atomic E-state index is 13.0. The second-order valence-corrected chi connectivity index (χ2v) is 8.24. The van der Waals surface area contributed by atoms with E-state index in [4.69, 9.17) is 21.1 Å². The molecule has 1 aliphatic heterocycles. The van der Waals surface area contributed by atoms with Gasteiger partial charge in [0.2, 0.25) is 12.7 Å². The lowest BCUT2D eigenvalue weighted by atomic mass is 10.2. The summed E-state index contributed by atoms with van der Waals surface area (Å²) in [5.41, 5.74) is 2.49. The summed E-state index contributed by atoms with van der Waals surface area (Å²) >= 11 is 6.17. The first-order chi connectivity index (χ1) is 16.5. The molecule has 4 aromatic rings. The number of hydrogen-bond donors (Lipinski definition) is 2. The largest absolute Gasteiger partial charge is 0.454 e. The summed E-state index contributed by atoms with van der Waals surface area (Å²) in [7, 11) is 0. The summed E-state index contributed by atoms with van der Waals surface area (Å²) in [6.07, 6.45) is 0. The van der Waals surface area contributed by atoms with Gasteiger partial charge < -0.3 is 24.7 Å². The Bertz CT molecular complexity index is 1400. The Kier molecular flexibility index (Phi) is 5.81. The molecule has 3 aromatic carbocycles. The number of carbonyl (C=O) groups excluding carboxylic acids is 2. The number of rotatable bonds is 6. The van der Waals surface area contributed by atoms with Crippen LogP contribution in [0.2, 0.25) is 5.02 Å². The molecule has 2 amide bonds. The smallest absolute Gasteiger partial charge is 0.253 e. The summed E-state index contributed by atoms with van der Waals surface area (Å²) in [5, 5.41) is 6.19. The molecule has 0 saturated carbocycles. The fraction of sp³-hybridized carbons (Fsp3) is 0.160. The van der Waals surface area contributed by atoms with Gasteiger partial charge in [0, 0.05) is 11.8 Å². The van der Waals surface area contributed by atoms with Crippen molar-refractivity contribution < 1.29 is 19.1 Å². The number of nitrogens with zero attached hydrogens (tertiary/aromatic N) is 2. The van der Waals surface area contributed by atoms with Crippen LogP contribution in [0.25, 0.3) is 11.0 Å². The second kappa shape index (κ2) is 9.07. The number of carbonyl (C=O) groups is 2. The molecular formula is C25H21ClN4O4. The van der Waals surface area contributed by atoms with E-state index in [1.165, 1.54) is 0 Å². The van der Waals surface area contributed by atoms with Gasteiger partial charge in [0.15, 0.2) is 11.5 Å². The van der Waals surface area contributed by atoms with Crippen LogP contribution in [0.1, 0.15) is 29.1 Å². The molecule has 5 rings (SSSR count). The highest BCUT2D eigenvalue weighted by Crippen LogP contribution is 2.34. The van der Waals surface area contributed by atoms with Gasteiger partial charge >= 0.3 is 0 Å². The van der Waals surface area contributed by atoms with Gasteiger partial charge in [-0.1, -0.05) is 35.9 Å². The van der Waals surface area contributed by atoms with E-state index in [1.54, 1.807) is 47.0 Å². The highest BCUT2D eigenvalue weighted by atomic mass is 35.5. The lowest BCUT2D eigenvalue weighted by Crippen LogP contribution is -2.30. The van der Waals surface area contributed by atoms with Gasteiger partial charge in [-0.3, -0.25) is 9.59 Å². The predicted octanol–water partition coefficient (Wildman–Crippen LogP) is 4.55. The van der Waals surface area contributed by atoms with Gasteiger partial charge in [-0.25, -0.2) is 4.98 Å². The van der Waals surface area contributed by atoms with Crippen molar-refractivity contribution in [3.8, 4) is 11.5 Å². The molecule has 34 heavy (non-hydrogen) atoms. The number of para-hydroxylation sites is 2. The Morgan fingerprint density at radius 1 is 1.06 bits per heavy atom. The normalized spacial score (nSPS) is 13.0. The van der Waals surface area contributed by atoms with Crippen molar-refractivity contribution in [3.63, 3.8) is 0 Å². The van der Waals surface area contributed by atoms with E-state index in [-0.39, 0.29) is 25.2 Å². The van der Waals surface area contributed by atoms with Gasteiger partial charge in [-0.2, -0.15) is 0 Å². The summed E-state index contributed by atoms with van der Waals surface area (Å²) in [5.74, 6) is 1.23. The van der Waals surface area contributed by atoms with Crippen LogP contribution in [0, 0.1) is 0 Å². The summed E-state index contributed by atoms with van der Waals surface area (Å²) in [6.45, 7) is 1.99. The molecule has 8 nitrogen and oxygen atoms in total. The predicted molar refractivity (Wildman–Crippen MR) is 128 cm³/mol. The molecule has 9 heteroatoms. The van der Waals surface area contributed by atoms with Crippen molar-refractivity contribution in [3.05, 3.63) is 83.1 Å². The van der Waals surface area contributed by atoms with Crippen LogP contribution in [-0.2, 0) is 11.3 Å². The molecule has 1 aromatic heterocycles. The highest BCUT2D eigenvalue weighted by Gasteiger charge is 2.22. The number of amides is 2. The maximum absolute atomic E-state index is 13.0. The zero-order valence-corrected chi connectivity index (χ0v) is 19.0. The quantitative estimate of drug-likeness (QED) is 0.426. The minimum atomic E-state index is -0.477. The topological polar surface area (TPSA) is 94.5 Å². The Morgan fingerprint density at radius 3 is 2.68 bits per heavy atom. The number of nitrogens with one attached hydrogen (secondary N) is 2. The van der Waals surface area contributed by atoms with E-state index in [0.29, 0.717) is 33.6 Å². The van der Waals surface area contributed by atoms with Crippen molar-refractivity contribution >= 4 is 40.1 Å². The molecular weight excluding hydrogens is 456 g/mol. The van der Waals surface area contributed by atoms with Crippen LogP contribution in [0.4, 0.5) is 5.69 Å². The third kappa shape index (κ3) is 4.27. The van der Waals surface area contributed by atoms with Crippen molar-refractivity contribution in [2.75, 3.05) is 12.1 Å². The van der Waals surface area contributed by atoms with Crippen molar-refractivity contribution in [2.45, 2.75) is 19.5 Å². The van der Waals surface area contributed by atoms with Gasteiger partial charge in [0.1, 0.15) is 12.4 Å². The minimum Gasteiger partial charge on any atom is -0.454 e. The van der Waals surface area contributed by atoms with Crippen molar-refractivity contribution in [1.82, 2.24) is 14.9 Å². The van der Waals surface area contributed by atoms with E-state index < -0.39 is 6.04 Å². The average molecular weight is 477 g/mol. The molecule has 172 valence electrons. The van der Waals surface area contributed by atoms with Crippen LogP contribution >= 0.6 is 11.6 Å². The Morgan fingerprint density at radius 2 is 1.82 bits per heavy atom. The zero-order chi connectivity index (χ0) is 23.7. The van der Waals surface area contributed by atoms with Gasteiger partial charge in [0.25, 0.3) is 5.91 Å². The number of benzene rings is 3. The third-order valence-electron chi connectivity index (χ3n) is 5.50. The molecule has 0 bridgehead atoms. The fourth-order valence-electron chi connectivity index (χ4n) is 3.89. The van der Waals surface area contributed by atoms with E-state index in [1.807, 2.05) is 31.2 Å². The highest BCUT2D eigenvalue weighted by molar-refractivity contribution is 6.33. The number of halogens is 1. The minimum absolute atomic E-state index is 0.0105.